The maximum absolute atomic E-state index is 13.7. The van der Waals surface area contributed by atoms with Crippen molar-refractivity contribution in [3.05, 3.63) is 59.7 Å². The number of nitrogens with zero attached hydrogens (tertiary/aromatic N) is 1. The lowest BCUT2D eigenvalue weighted by atomic mass is 9.86. The van der Waals surface area contributed by atoms with Gasteiger partial charge in [-0.15, -0.1) is 0 Å². The Morgan fingerprint density at radius 2 is 1.57 bits per heavy atom. The maximum atomic E-state index is 13.7. The smallest absolute Gasteiger partial charge is 0.408 e. The zero-order chi connectivity index (χ0) is 25.2. The Balaban J connectivity index is 1.52. The van der Waals surface area contributed by atoms with Gasteiger partial charge in [0.05, 0.1) is 0 Å². The van der Waals surface area contributed by atoms with Crippen molar-refractivity contribution in [2.75, 3.05) is 26.4 Å². The largest absolute Gasteiger partial charge is 0.480 e. The molecule has 0 bridgehead atoms. The molecule has 0 atom stereocenters. The van der Waals surface area contributed by atoms with Gasteiger partial charge in [0.25, 0.3) is 0 Å². The van der Waals surface area contributed by atoms with Gasteiger partial charge in [-0.3, -0.25) is 9.59 Å². The van der Waals surface area contributed by atoms with Crippen molar-refractivity contribution in [1.29, 1.82) is 0 Å². The number of amides is 2. The number of alkyl carbamates (subject to hydrolysis) is 1. The Kier molecular flexibility index (Phi) is 6.85. The van der Waals surface area contributed by atoms with Gasteiger partial charge in [0.2, 0.25) is 5.91 Å². The molecule has 2 amide bonds. The van der Waals surface area contributed by atoms with Crippen molar-refractivity contribution in [1.82, 2.24) is 10.2 Å². The highest BCUT2D eigenvalue weighted by molar-refractivity contribution is 5.92. The van der Waals surface area contributed by atoms with Crippen molar-refractivity contribution in [2.45, 2.75) is 50.6 Å². The SMILES string of the molecule is CC(C)(C)N(CC(=O)O)C(=O)C1(NC(=O)OCC2c3ccccc3-c3ccccc32)CCOCC1. The number of hydrogen-bond donors (Lipinski definition) is 2. The summed E-state index contributed by atoms with van der Waals surface area (Å²) in [7, 11) is 0. The first-order valence-corrected chi connectivity index (χ1v) is 11.9. The van der Waals surface area contributed by atoms with E-state index in [9.17, 15) is 19.5 Å². The highest BCUT2D eigenvalue weighted by atomic mass is 16.5. The molecule has 1 heterocycles. The minimum absolute atomic E-state index is 0.104. The monoisotopic (exact) mass is 480 g/mol. The Labute approximate surface area is 205 Å². The molecule has 1 aliphatic carbocycles. The Hall–Kier alpha value is -3.39. The topological polar surface area (TPSA) is 105 Å². The van der Waals surface area contributed by atoms with Crippen LogP contribution in [0.5, 0.6) is 0 Å². The fourth-order valence-electron chi connectivity index (χ4n) is 4.95. The first-order valence-electron chi connectivity index (χ1n) is 11.9. The molecule has 2 aromatic rings. The third-order valence-corrected chi connectivity index (χ3v) is 6.79. The molecule has 186 valence electrons. The van der Waals surface area contributed by atoms with Crippen LogP contribution in [0.15, 0.2) is 48.5 Å². The summed E-state index contributed by atoms with van der Waals surface area (Å²) in [5.41, 5.74) is 2.41. The molecular weight excluding hydrogens is 448 g/mol. The van der Waals surface area contributed by atoms with E-state index in [1.165, 1.54) is 4.90 Å². The molecule has 1 fully saturated rings. The molecule has 2 aliphatic rings. The van der Waals surface area contributed by atoms with Gasteiger partial charge in [0, 0.05) is 37.5 Å². The summed E-state index contributed by atoms with van der Waals surface area (Å²) in [5.74, 6) is -1.66. The minimum atomic E-state index is -1.29. The third-order valence-electron chi connectivity index (χ3n) is 6.79. The molecule has 1 saturated heterocycles. The lowest BCUT2D eigenvalue weighted by molar-refractivity contribution is -0.154. The van der Waals surface area contributed by atoms with E-state index in [-0.39, 0.29) is 38.6 Å². The van der Waals surface area contributed by atoms with Gasteiger partial charge in [0.1, 0.15) is 18.7 Å². The minimum Gasteiger partial charge on any atom is -0.480 e. The predicted molar refractivity (Wildman–Crippen MR) is 130 cm³/mol. The number of nitrogens with one attached hydrogen (secondary N) is 1. The number of carbonyl (C=O) groups is 3. The molecule has 0 saturated carbocycles. The quantitative estimate of drug-likeness (QED) is 0.652. The molecule has 8 nitrogen and oxygen atoms in total. The Morgan fingerprint density at radius 3 is 2.09 bits per heavy atom. The second-order valence-electron chi connectivity index (χ2n) is 10.1. The third kappa shape index (κ3) is 5.03. The zero-order valence-electron chi connectivity index (χ0n) is 20.4. The first kappa shape index (κ1) is 24.7. The van der Waals surface area contributed by atoms with Crippen LogP contribution in [0.25, 0.3) is 11.1 Å². The second kappa shape index (κ2) is 9.70. The van der Waals surface area contributed by atoms with E-state index in [4.69, 9.17) is 9.47 Å². The number of fused-ring (bicyclic) bond motifs is 3. The van der Waals surface area contributed by atoms with Crippen LogP contribution in [-0.4, -0.2) is 65.4 Å². The van der Waals surface area contributed by atoms with E-state index in [0.717, 1.165) is 22.3 Å². The number of carboxylic acid groups (broad SMARTS) is 1. The van der Waals surface area contributed by atoms with Gasteiger partial charge in [-0.25, -0.2) is 4.79 Å². The standard InChI is InChI=1S/C27H32N2O6/c1-26(2,3)29(16-23(30)31)24(32)27(12-14-34-15-13-27)28-25(33)35-17-22-20-10-6-4-8-18(20)19-9-5-7-11-21(19)22/h4-11,22H,12-17H2,1-3H3,(H,28,33)(H,30,31). The summed E-state index contributed by atoms with van der Waals surface area (Å²) >= 11 is 0. The van der Waals surface area contributed by atoms with Crippen LogP contribution in [0.4, 0.5) is 4.79 Å². The number of rotatable bonds is 6. The molecular formula is C27H32N2O6. The average Bonchev–Trinajstić information content (AvgIpc) is 3.14. The van der Waals surface area contributed by atoms with E-state index in [1.807, 2.05) is 36.4 Å². The summed E-state index contributed by atoms with van der Waals surface area (Å²) in [5, 5.41) is 12.2. The van der Waals surface area contributed by atoms with Gasteiger partial charge in [0.15, 0.2) is 0 Å². The maximum Gasteiger partial charge on any atom is 0.408 e. The van der Waals surface area contributed by atoms with E-state index in [2.05, 4.69) is 17.4 Å². The molecule has 4 rings (SSSR count). The van der Waals surface area contributed by atoms with Gasteiger partial charge in [-0.1, -0.05) is 48.5 Å². The number of ether oxygens (including phenoxy) is 2. The van der Waals surface area contributed by atoms with Crippen LogP contribution in [-0.2, 0) is 19.1 Å². The molecule has 2 aromatic carbocycles. The van der Waals surface area contributed by atoms with Gasteiger partial charge >= 0.3 is 12.1 Å². The molecule has 35 heavy (non-hydrogen) atoms. The van der Waals surface area contributed by atoms with E-state index in [1.54, 1.807) is 20.8 Å². The van der Waals surface area contributed by atoms with Crippen molar-refractivity contribution in [3.8, 4) is 11.1 Å². The number of carboxylic acids is 1. The molecule has 0 aromatic heterocycles. The zero-order valence-corrected chi connectivity index (χ0v) is 20.4. The van der Waals surface area contributed by atoms with Crippen LogP contribution in [0.2, 0.25) is 0 Å². The van der Waals surface area contributed by atoms with E-state index in [0.29, 0.717) is 0 Å². The van der Waals surface area contributed by atoms with Crippen LogP contribution < -0.4 is 5.32 Å². The average molecular weight is 481 g/mol. The van der Waals surface area contributed by atoms with Gasteiger partial charge in [-0.05, 0) is 43.0 Å². The molecule has 2 N–H and O–H groups in total. The second-order valence-corrected chi connectivity index (χ2v) is 10.1. The Morgan fingerprint density at radius 1 is 1.03 bits per heavy atom. The van der Waals surface area contributed by atoms with Crippen molar-refractivity contribution < 1.29 is 29.0 Å². The van der Waals surface area contributed by atoms with Crippen LogP contribution in [0, 0.1) is 0 Å². The van der Waals surface area contributed by atoms with Crippen LogP contribution >= 0.6 is 0 Å². The van der Waals surface area contributed by atoms with Crippen molar-refractivity contribution in [3.63, 3.8) is 0 Å². The summed E-state index contributed by atoms with van der Waals surface area (Å²) in [4.78, 5) is 39.5. The molecule has 8 heteroatoms. The summed E-state index contributed by atoms with van der Waals surface area (Å²) in [6, 6.07) is 16.1. The highest BCUT2D eigenvalue weighted by Gasteiger charge is 2.47. The molecule has 0 unspecified atom stereocenters. The van der Waals surface area contributed by atoms with Crippen molar-refractivity contribution in [2.24, 2.45) is 0 Å². The van der Waals surface area contributed by atoms with Crippen LogP contribution in [0.1, 0.15) is 50.7 Å². The lowest BCUT2D eigenvalue weighted by Crippen LogP contribution is -2.65. The number of benzene rings is 2. The van der Waals surface area contributed by atoms with Crippen molar-refractivity contribution >= 4 is 18.0 Å². The highest BCUT2D eigenvalue weighted by Crippen LogP contribution is 2.44. The summed E-state index contributed by atoms with van der Waals surface area (Å²) < 4.78 is 11.1. The number of aliphatic carboxylic acids is 1. The summed E-state index contributed by atoms with van der Waals surface area (Å²) in [6.07, 6.45) is -0.226. The first-order chi connectivity index (χ1) is 16.6. The fraction of sp³-hybridized carbons (Fsp3) is 0.444. The Bertz CT molecular complexity index is 1070. The predicted octanol–water partition coefficient (Wildman–Crippen LogP) is 3.79. The summed E-state index contributed by atoms with van der Waals surface area (Å²) in [6.45, 7) is 5.54. The van der Waals surface area contributed by atoms with Gasteiger partial charge < -0.3 is 24.8 Å². The number of hydrogen-bond acceptors (Lipinski definition) is 5. The molecule has 1 aliphatic heterocycles. The molecule has 0 spiro atoms. The fourth-order valence-corrected chi connectivity index (χ4v) is 4.95. The van der Waals surface area contributed by atoms with E-state index >= 15 is 0 Å². The normalized spacial score (nSPS) is 16.7. The number of carbonyl (C=O) groups excluding carboxylic acids is 2. The molecule has 0 radical (unpaired) electrons. The van der Waals surface area contributed by atoms with Gasteiger partial charge in [-0.2, -0.15) is 0 Å². The lowest BCUT2D eigenvalue weighted by Gasteiger charge is -2.44. The van der Waals surface area contributed by atoms with E-state index < -0.39 is 35.6 Å². The van der Waals surface area contributed by atoms with Crippen LogP contribution in [0.3, 0.4) is 0 Å².